The summed E-state index contributed by atoms with van der Waals surface area (Å²) in [6.07, 6.45) is 3.77. The van der Waals surface area contributed by atoms with Crippen LogP contribution < -0.4 is 10.1 Å². The van der Waals surface area contributed by atoms with Crippen LogP contribution in [0.4, 0.5) is 0 Å². The fourth-order valence-electron chi connectivity index (χ4n) is 1.73. The Morgan fingerprint density at radius 2 is 2.06 bits per heavy atom. The first-order valence-corrected chi connectivity index (χ1v) is 6.06. The van der Waals surface area contributed by atoms with Gasteiger partial charge < -0.3 is 10.1 Å². The van der Waals surface area contributed by atoms with E-state index in [1.807, 2.05) is 38.6 Å². The average Bonchev–Trinajstić information content (AvgIpc) is 2.82. The van der Waals surface area contributed by atoms with Crippen LogP contribution in [0.2, 0.25) is 0 Å². The molecule has 1 heterocycles. The zero-order valence-electron chi connectivity index (χ0n) is 11.1. The molecular formula is C14H19N3O. The number of rotatable bonds is 5. The molecule has 4 heteroatoms. The summed E-state index contributed by atoms with van der Waals surface area (Å²) in [5.41, 5.74) is 2.33. The fourth-order valence-corrected chi connectivity index (χ4v) is 1.73. The van der Waals surface area contributed by atoms with Crippen molar-refractivity contribution >= 4 is 0 Å². The van der Waals surface area contributed by atoms with Gasteiger partial charge in [0.25, 0.3) is 0 Å². The number of nitrogens with one attached hydrogen (secondary N) is 1. The van der Waals surface area contributed by atoms with Gasteiger partial charge in [0.05, 0.1) is 6.20 Å². The predicted octanol–water partition coefficient (Wildman–Crippen LogP) is 2.28. The minimum atomic E-state index is 0.359. The van der Waals surface area contributed by atoms with Crippen molar-refractivity contribution in [3.8, 4) is 5.75 Å². The molecule has 1 atom stereocenters. The highest BCUT2D eigenvalue weighted by Crippen LogP contribution is 2.18. The molecule has 1 N–H and O–H groups in total. The Hall–Kier alpha value is -1.81. The maximum atomic E-state index is 5.70. The van der Waals surface area contributed by atoms with Gasteiger partial charge in [0.15, 0.2) is 0 Å². The second kappa shape index (κ2) is 5.69. The van der Waals surface area contributed by atoms with Gasteiger partial charge in [0.1, 0.15) is 12.4 Å². The quantitative estimate of drug-likeness (QED) is 0.878. The third-order valence-electron chi connectivity index (χ3n) is 2.98. The molecule has 0 saturated carbocycles. The van der Waals surface area contributed by atoms with Crippen LogP contribution in [0.1, 0.15) is 24.1 Å². The number of aryl methyl sites for hydroxylation is 1. The van der Waals surface area contributed by atoms with Crippen molar-refractivity contribution in [3.63, 3.8) is 0 Å². The van der Waals surface area contributed by atoms with E-state index < -0.39 is 0 Å². The highest BCUT2D eigenvalue weighted by molar-refractivity contribution is 5.29. The molecule has 2 aromatic rings. The molecule has 2 rings (SSSR count). The summed E-state index contributed by atoms with van der Waals surface area (Å²) < 4.78 is 7.47. The van der Waals surface area contributed by atoms with E-state index in [1.165, 1.54) is 5.56 Å². The standard InChI is InChI=1S/C14H19N3O/c1-11(15-2)13-4-6-14(7-5-13)18-10-12-8-16-17(3)9-12/h4-9,11,15H,10H2,1-3H3. The van der Waals surface area contributed by atoms with Crippen LogP contribution >= 0.6 is 0 Å². The zero-order valence-corrected chi connectivity index (χ0v) is 11.1. The molecule has 0 amide bonds. The first-order chi connectivity index (χ1) is 8.69. The molecule has 0 radical (unpaired) electrons. The number of hydrogen-bond acceptors (Lipinski definition) is 3. The Balaban J connectivity index is 1.94. The van der Waals surface area contributed by atoms with Gasteiger partial charge in [-0.15, -0.1) is 0 Å². The van der Waals surface area contributed by atoms with Crippen molar-refractivity contribution in [2.24, 2.45) is 7.05 Å². The maximum absolute atomic E-state index is 5.70. The number of ether oxygens (including phenoxy) is 1. The van der Waals surface area contributed by atoms with Crippen LogP contribution in [0.15, 0.2) is 36.7 Å². The summed E-state index contributed by atoms with van der Waals surface area (Å²) in [5, 5.41) is 7.32. The molecule has 0 bridgehead atoms. The molecule has 0 saturated heterocycles. The lowest BCUT2D eigenvalue weighted by Gasteiger charge is -2.11. The number of hydrogen-bond donors (Lipinski definition) is 1. The molecule has 0 aliphatic carbocycles. The monoisotopic (exact) mass is 245 g/mol. The van der Waals surface area contributed by atoms with Crippen molar-refractivity contribution in [1.82, 2.24) is 15.1 Å². The maximum Gasteiger partial charge on any atom is 0.119 e. The molecule has 0 spiro atoms. The lowest BCUT2D eigenvalue weighted by molar-refractivity contribution is 0.306. The minimum absolute atomic E-state index is 0.359. The van der Waals surface area contributed by atoms with Crippen LogP contribution in [0.5, 0.6) is 5.75 Å². The van der Waals surface area contributed by atoms with Crippen LogP contribution in [-0.2, 0) is 13.7 Å². The average molecular weight is 245 g/mol. The molecule has 0 aliphatic heterocycles. The van der Waals surface area contributed by atoms with Gasteiger partial charge in [0.2, 0.25) is 0 Å². The van der Waals surface area contributed by atoms with E-state index >= 15 is 0 Å². The van der Waals surface area contributed by atoms with Crippen molar-refractivity contribution in [2.45, 2.75) is 19.6 Å². The summed E-state index contributed by atoms with van der Waals surface area (Å²) in [5.74, 6) is 0.880. The normalized spacial score (nSPS) is 12.4. The molecule has 1 aromatic carbocycles. The van der Waals surface area contributed by atoms with Crippen molar-refractivity contribution < 1.29 is 4.74 Å². The smallest absolute Gasteiger partial charge is 0.119 e. The SMILES string of the molecule is CNC(C)c1ccc(OCc2cnn(C)c2)cc1. The minimum Gasteiger partial charge on any atom is -0.489 e. The Bertz CT molecular complexity index is 490. The van der Waals surface area contributed by atoms with Gasteiger partial charge in [-0.25, -0.2) is 0 Å². The van der Waals surface area contributed by atoms with E-state index in [1.54, 1.807) is 4.68 Å². The van der Waals surface area contributed by atoms with E-state index in [0.717, 1.165) is 11.3 Å². The first kappa shape index (κ1) is 12.6. The third-order valence-corrected chi connectivity index (χ3v) is 2.98. The molecule has 96 valence electrons. The van der Waals surface area contributed by atoms with Gasteiger partial charge in [-0.05, 0) is 31.7 Å². The molecule has 0 aliphatic rings. The Morgan fingerprint density at radius 1 is 1.33 bits per heavy atom. The van der Waals surface area contributed by atoms with Crippen LogP contribution in [-0.4, -0.2) is 16.8 Å². The summed E-state index contributed by atoms with van der Waals surface area (Å²) in [4.78, 5) is 0. The highest BCUT2D eigenvalue weighted by atomic mass is 16.5. The van der Waals surface area contributed by atoms with E-state index in [0.29, 0.717) is 12.6 Å². The molecule has 1 aromatic heterocycles. The van der Waals surface area contributed by atoms with Crippen LogP contribution in [0, 0.1) is 0 Å². The Labute approximate surface area is 108 Å². The highest BCUT2D eigenvalue weighted by Gasteiger charge is 2.03. The molecule has 0 fully saturated rings. The number of nitrogens with zero attached hydrogens (tertiary/aromatic N) is 2. The first-order valence-electron chi connectivity index (χ1n) is 6.06. The topological polar surface area (TPSA) is 39.1 Å². The molecule has 1 unspecified atom stereocenters. The number of benzene rings is 1. The Morgan fingerprint density at radius 3 is 2.61 bits per heavy atom. The Kier molecular flexibility index (Phi) is 3.99. The van der Waals surface area contributed by atoms with E-state index in [2.05, 4.69) is 29.5 Å². The molecule has 18 heavy (non-hydrogen) atoms. The summed E-state index contributed by atoms with van der Waals surface area (Å²) in [6.45, 7) is 2.68. The lowest BCUT2D eigenvalue weighted by Crippen LogP contribution is -2.11. The lowest BCUT2D eigenvalue weighted by atomic mass is 10.1. The van der Waals surface area contributed by atoms with Gasteiger partial charge in [0, 0.05) is 24.8 Å². The van der Waals surface area contributed by atoms with E-state index in [9.17, 15) is 0 Å². The van der Waals surface area contributed by atoms with Crippen molar-refractivity contribution in [3.05, 3.63) is 47.8 Å². The predicted molar refractivity (Wildman–Crippen MR) is 71.5 cm³/mol. The van der Waals surface area contributed by atoms with Crippen LogP contribution in [0.25, 0.3) is 0 Å². The molecular weight excluding hydrogens is 226 g/mol. The van der Waals surface area contributed by atoms with Gasteiger partial charge in [-0.2, -0.15) is 5.10 Å². The van der Waals surface area contributed by atoms with Crippen molar-refractivity contribution in [2.75, 3.05) is 7.05 Å². The second-order valence-corrected chi connectivity index (χ2v) is 4.39. The largest absolute Gasteiger partial charge is 0.489 e. The summed E-state index contributed by atoms with van der Waals surface area (Å²) in [6, 6.07) is 8.52. The van der Waals surface area contributed by atoms with E-state index in [4.69, 9.17) is 4.74 Å². The number of aromatic nitrogens is 2. The third kappa shape index (κ3) is 3.11. The van der Waals surface area contributed by atoms with Crippen molar-refractivity contribution in [1.29, 1.82) is 0 Å². The van der Waals surface area contributed by atoms with Gasteiger partial charge in [-0.3, -0.25) is 4.68 Å². The molecule has 4 nitrogen and oxygen atoms in total. The summed E-state index contributed by atoms with van der Waals surface area (Å²) >= 11 is 0. The van der Waals surface area contributed by atoms with E-state index in [-0.39, 0.29) is 0 Å². The second-order valence-electron chi connectivity index (χ2n) is 4.39. The van der Waals surface area contributed by atoms with Crippen LogP contribution in [0.3, 0.4) is 0 Å². The van der Waals surface area contributed by atoms with Gasteiger partial charge >= 0.3 is 0 Å². The fraction of sp³-hybridized carbons (Fsp3) is 0.357. The zero-order chi connectivity index (χ0) is 13.0. The summed E-state index contributed by atoms with van der Waals surface area (Å²) in [7, 11) is 3.86. The van der Waals surface area contributed by atoms with Gasteiger partial charge in [-0.1, -0.05) is 12.1 Å².